The summed E-state index contributed by atoms with van der Waals surface area (Å²) in [6.07, 6.45) is 0. The highest BCUT2D eigenvalue weighted by Crippen LogP contribution is 2.13. The molecule has 0 bridgehead atoms. The molecule has 2 rings (SSSR count). The van der Waals surface area contributed by atoms with Gasteiger partial charge in [-0.1, -0.05) is 18.2 Å². The van der Waals surface area contributed by atoms with Crippen LogP contribution in [0.1, 0.15) is 22.8 Å². The molecule has 0 saturated carbocycles. The number of phenolic OH excluding ortho intramolecular Hbond substituents is 1. The van der Waals surface area contributed by atoms with Crippen molar-refractivity contribution in [2.45, 2.75) is 6.92 Å². The number of benzene rings is 2. The second-order valence-electron chi connectivity index (χ2n) is 4.42. The van der Waals surface area contributed by atoms with Crippen LogP contribution in [0.4, 0.5) is 0 Å². The maximum Gasteiger partial charge on any atom is 0.271 e. The summed E-state index contributed by atoms with van der Waals surface area (Å²) in [6, 6.07) is 13.5. The number of methoxy groups -OCH3 is 1. The Morgan fingerprint density at radius 3 is 2.57 bits per heavy atom. The Hall–Kier alpha value is -2.82. The predicted octanol–water partition coefficient (Wildman–Crippen LogP) is 2.55. The van der Waals surface area contributed by atoms with Crippen molar-refractivity contribution >= 4 is 11.6 Å². The van der Waals surface area contributed by atoms with Gasteiger partial charge in [-0.25, -0.2) is 5.43 Å². The molecule has 0 atom stereocenters. The summed E-state index contributed by atoms with van der Waals surface area (Å²) in [5.41, 5.74) is 4.28. The molecule has 5 heteroatoms. The standard InChI is InChI=1S/C16H16N2O3/c1-11(12-5-3-7-14(19)9-12)17-18-16(20)13-6-4-8-15(10-13)21-2/h3-10,19H,1-2H3,(H,18,20)/b17-11+. The number of nitrogens with zero attached hydrogens (tertiary/aromatic N) is 1. The van der Waals surface area contributed by atoms with E-state index in [2.05, 4.69) is 10.5 Å². The number of rotatable bonds is 4. The molecule has 0 unspecified atom stereocenters. The molecule has 0 aromatic heterocycles. The molecular weight excluding hydrogens is 268 g/mol. The van der Waals surface area contributed by atoms with Gasteiger partial charge < -0.3 is 9.84 Å². The highest BCUT2D eigenvalue weighted by molar-refractivity contribution is 6.01. The van der Waals surface area contributed by atoms with Gasteiger partial charge in [0, 0.05) is 11.1 Å². The summed E-state index contributed by atoms with van der Waals surface area (Å²) in [7, 11) is 1.54. The van der Waals surface area contributed by atoms with E-state index in [1.165, 1.54) is 0 Å². The summed E-state index contributed by atoms with van der Waals surface area (Å²) in [6.45, 7) is 1.75. The average molecular weight is 284 g/mol. The lowest BCUT2D eigenvalue weighted by Gasteiger charge is -2.05. The monoisotopic (exact) mass is 284 g/mol. The number of ether oxygens (including phenoxy) is 1. The van der Waals surface area contributed by atoms with Crippen LogP contribution in [0.25, 0.3) is 0 Å². The van der Waals surface area contributed by atoms with E-state index >= 15 is 0 Å². The zero-order valence-electron chi connectivity index (χ0n) is 11.8. The van der Waals surface area contributed by atoms with Crippen LogP contribution in [0, 0.1) is 0 Å². The molecule has 0 fully saturated rings. The van der Waals surface area contributed by atoms with Crippen molar-refractivity contribution in [3.8, 4) is 11.5 Å². The van der Waals surface area contributed by atoms with Gasteiger partial charge in [-0.05, 0) is 37.3 Å². The number of carbonyl (C=O) groups is 1. The number of nitrogens with one attached hydrogen (secondary N) is 1. The normalized spacial score (nSPS) is 11.0. The van der Waals surface area contributed by atoms with Crippen LogP contribution in [0.2, 0.25) is 0 Å². The van der Waals surface area contributed by atoms with Gasteiger partial charge in [-0.15, -0.1) is 0 Å². The van der Waals surface area contributed by atoms with Crippen molar-refractivity contribution in [3.05, 3.63) is 59.7 Å². The van der Waals surface area contributed by atoms with Gasteiger partial charge in [-0.3, -0.25) is 4.79 Å². The van der Waals surface area contributed by atoms with E-state index in [-0.39, 0.29) is 11.7 Å². The van der Waals surface area contributed by atoms with Gasteiger partial charge in [0.1, 0.15) is 11.5 Å². The molecule has 0 saturated heterocycles. The van der Waals surface area contributed by atoms with Gasteiger partial charge in [0.15, 0.2) is 0 Å². The zero-order valence-corrected chi connectivity index (χ0v) is 11.8. The number of hydrazone groups is 1. The fourth-order valence-electron chi connectivity index (χ4n) is 1.76. The van der Waals surface area contributed by atoms with E-state index in [9.17, 15) is 9.90 Å². The van der Waals surface area contributed by atoms with Crippen LogP contribution in [-0.4, -0.2) is 23.8 Å². The third-order valence-electron chi connectivity index (χ3n) is 2.92. The fraction of sp³-hybridized carbons (Fsp3) is 0.125. The molecule has 108 valence electrons. The molecule has 0 radical (unpaired) electrons. The van der Waals surface area contributed by atoms with E-state index in [1.807, 2.05) is 0 Å². The van der Waals surface area contributed by atoms with Crippen molar-refractivity contribution in [3.63, 3.8) is 0 Å². The van der Waals surface area contributed by atoms with Crippen LogP contribution < -0.4 is 10.2 Å². The van der Waals surface area contributed by atoms with Gasteiger partial charge in [0.25, 0.3) is 5.91 Å². The van der Waals surface area contributed by atoms with Crippen LogP contribution in [0.3, 0.4) is 0 Å². The smallest absolute Gasteiger partial charge is 0.271 e. The van der Waals surface area contributed by atoms with Gasteiger partial charge in [-0.2, -0.15) is 5.10 Å². The van der Waals surface area contributed by atoms with Crippen molar-refractivity contribution in [1.82, 2.24) is 5.43 Å². The van der Waals surface area contributed by atoms with E-state index in [4.69, 9.17) is 4.74 Å². The van der Waals surface area contributed by atoms with Gasteiger partial charge in [0.05, 0.1) is 12.8 Å². The minimum absolute atomic E-state index is 0.154. The summed E-state index contributed by atoms with van der Waals surface area (Å²) in [4.78, 5) is 12.0. The molecular formula is C16H16N2O3. The van der Waals surface area contributed by atoms with Crippen molar-refractivity contribution in [2.75, 3.05) is 7.11 Å². The topological polar surface area (TPSA) is 70.9 Å². The van der Waals surface area contributed by atoms with Gasteiger partial charge in [0.2, 0.25) is 0 Å². The third kappa shape index (κ3) is 3.82. The number of amides is 1. The Labute approximate surface area is 122 Å². The lowest BCUT2D eigenvalue weighted by molar-refractivity contribution is 0.0954. The second-order valence-corrected chi connectivity index (χ2v) is 4.42. The minimum Gasteiger partial charge on any atom is -0.508 e. The van der Waals surface area contributed by atoms with Crippen molar-refractivity contribution < 1.29 is 14.6 Å². The van der Waals surface area contributed by atoms with Crippen molar-refractivity contribution in [2.24, 2.45) is 5.10 Å². The summed E-state index contributed by atoms with van der Waals surface area (Å²) >= 11 is 0. The number of aromatic hydroxyl groups is 1. The molecule has 2 aromatic rings. The van der Waals surface area contributed by atoms with Crippen molar-refractivity contribution in [1.29, 1.82) is 0 Å². The van der Waals surface area contributed by atoms with Crippen LogP contribution >= 0.6 is 0 Å². The zero-order chi connectivity index (χ0) is 15.2. The number of hydrogen-bond donors (Lipinski definition) is 2. The molecule has 2 aromatic carbocycles. The van der Waals surface area contributed by atoms with E-state index in [1.54, 1.807) is 62.6 Å². The number of phenols is 1. The molecule has 0 spiro atoms. The Morgan fingerprint density at radius 1 is 1.14 bits per heavy atom. The molecule has 1 amide bonds. The van der Waals surface area contributed by atoms with E-state index in [0.29, 0.717) is 17.0 Å². The first kappa shape index (κ1) is 14.6. The summed E-state index contributed by atoms with van der Waals surface area (Å²) < 4.78 is 5.07. The van der Waals surface area contributed by atoms with E-state index < -0.39 is 0 Å². The first-order valence-corrected chi connectivity index (χ1v) is 6.38. The van der Waals surface area contributed by atoms with E-state index in [0.717, 1.165) is 5.56 Å². The predicted molar refractivity (Wildman–Crippen MR) is 80.8 cm³/mol. The number of carbonyl (C=O) groups excluding carboxylic acids is 1. The lowest BCUT2D eigenvalue weighted by atomic mass is 10.1. The van der Waals surface area contributed by atoms with Crippen LogP contribution in [-0.2, 0) is 0 Å². The maximum atomic E-state index is 12.0. The summed E-state index contributed by atoms with van der Waals surface area (Å²) in [5.74, 6) is 0.436. The molecule has 0 heterocycles. The minimum atomic E-state index is -0.326. The highest BCUT2D eigenvalue weighted by atomic mass is 16.5. The maximum absolute atomic E-state index is 12.0. The molecule has 0 aliphatic carbocycles. The first-order valence-electron chi connectivity index (χ1n) is 6.38. The first-order chi connectivity index (χ1) is 10.1. The summed E-state index contributed by atoms with van der Waals surface area (Å²) in [5, 5.41) is 13.5. The number of hydrogen-bond acceptors (Lipinski definition) is 4. The largest absolute Gasteiger partial charge is 0.508 e. The van der Waals surface area contributed by atoms with Gasteiger partial charge >= 0.3 is 0 Å². The quantitative estimate of drug-likeness (QED) is 0.669. The molecule has 0 aliphatic heterocycles. The second kappa shape index (κ2) is 6.56. The lowest BCUT2D eigenvalue weighted by Crippen LogP contribution is -2.19. The Morgan fingerprint density at radius 2 is 1.86 bits per heavy atom. The molecule has 21 heavy (non-hydrogen) atoms. The van der Waals surface area contributed by atoms with Crippen LogP contribution in [0.15, 0.2) is 53.6 Å². The SMILES string of the molecule is COc1cccc(C(=O)N/N=C(\C)c2cccc(O)c2)c1. The third-order valence-corrected chi connectivity index (χ3v) is 2.92. The Bertz CT molecular complexity index is 681. The molecule has 2 N–H and O–H groups in total. The molecule has 0 aliphatic rings. The highest BCUT2D eigenvalue weighted by Gasteiger charge is 2.06. The molecule has 5 nitrogen and oxygen atoms in total. The Kier molecular flexibility index (Phi) is 4.56. The van der Waals surface area contributed by atoms with Crippen LogP contribution in [0.5, 0.6) is 11.5 Å². The fourth-order valence-corrected chi connectivity index (χ4v) is 1.76. The average Bonchev–Trinajstić information content (AvgIpc) is 2.52. The Balaban J connectivity index is 2.10.